The average Bonchev–Trinajstić information content (AvgIpc) is 2.68. The van der Waals surface area contributed by atoms with Crippen molar-refractivity contribution in [2.24, 2.45) is 17.8 Å². The lowest BCUT2D eigenvalue weighted by molar-refractivity contribution is 0.178. The van der Waals surface area contributed by atoms with Gasteiger partial charge >= 0.3 is 0 Å². The van der Waals surface area contributed by atoms with Crippen LogP contribution in [0.5, 0.6) is 0 Å². The summed E-state index contributed by atoms with van der Waals surface area (Å²) in [6.07, 6.45) is 7.64. The minimum absolute atomic E-state index is 0.295. The Balaban J connectivity index is 1.98. The third-order valence-electron chi connectivity index (χ3n) is 4.81. The summed E-state index contributed by atoms with van der Waals surface area (Å²) in [6.45, 7) is 7.14. The molecule has 2 nitrogen and oxygen atoms in total. The largest absolute Gasteiger partial charge is 0.299 e. The Morgan fingerprint density at radius 1 is 1.12 bits per heavy atom. The first kappa shape index (κ1) is 12.9. The van der Waals surface area contributed by atoms with Gasteiger partial charge in [-0.1, -0.05) is 33.1 Å². The second-order valence-corrected chi connectivity index (χ2v) is 6.23. The van der Waals surface area contributed by atoms with Crippen LogP contribution in [0.3, 0.4) is 0 Å². The van der Waals surface area contributed by atoms with E-state index in [4.69, 9.17) is 0 Å². The second-order valence-electron chi connectivity index (χ2n) is 6.23. The molecule has 96 valence electrons. The van der Waals surface area contributed by atoms with Gasteiger partial charge in [0.15, 0.2) is 0 Å². The van der Waals surface area contributed by atoms with Gasteiger partial charge in [0.1, 0.15) is 0 Å². The van der Waals surface area contributed by atoms with Crippen LogP contribution < -0.4 is 0 Å². The summed E-state index contributed by atoms with van der Waals surface area (Å²) in [6, 6.07) is 3.13. The minimum Gasteiger partial charge on any atom is -0.299 e. The van der Waals surface area contributed by atoms with Crippen LogP contribution in [0.25, 0.3) is 0 Å². The van der Waals surface area contributed by atoms with Crippen molar-refractivity contribution >= 4 is 0 Å². The molecule has 2 rings (SSSR count). The van der Waals surface area contributed by atoms with E-state index in [1.165, 1.54) is 45.2 Å². The number of nitriles is 1. The van der Waals surface area contributed by atoms with E-state index < -0.39 is 0 Å². The first-order chi connectivity index (χ1) is 8.22. The van der Waals surface area contributed by atoms with Crippen LogP contribution in [-0.4, -0.2) is 24.0 Å². The van der Waals surface area contributed by atoms with Gasteiger partial charge < -0.3 is 0 Å². The molecule has 2 aliphatic rings. The van der Waals surface area contributed by atoms with Crippen LogP contribution in [0.2, 0.25) is 0 Å². The van der Waals surface area contributed by atoms with Crippen LogP contribution >= 0.6 is 0 Å². The highest BCUT2D eigenvalue weighted by Gasteiger charge is 2.34. The molecule has 0 aromatic heterocycles. The maximum absolute atomic E-state index is 9.35. The highest BCUT2D eigenvalue weighted by atomic mass is 15.2. The molecule has 0 N–H and O–H groups in total. The summed E-state index contributed by atoms with van der Waals surface area (Å²) in [5, 5.41) is 9.35. The average molecular weight is 234 g/mol. The SMILES string of the molecule is CC(C)C1CCN(C2CCCCCC2C#N)C1. The zero-order chi connectivity index (χ0) is 12.3. The van der Waals surface area contributed by atoms with Crippen LogP contribution in [0.1, 0.15) is 52.4 Å². The molecule has 0 radical (unpaired) electrons. The van der Waals surface area contributed by atoms with Crippen molar-refractivity contribution in [2.75, 3.05) is 13.1 Å². The first-order valence-corrected chi connectivity index (χ1v) is 7.36. The molecule has 1 heterocycles. The van der Waals surface area contributed by atoms with Crippen LogP contribution in [0.15, 0.2) is 0 Å². The van der Waals surface area contributed by atoms with Crippen LogP contribution in [0, 0.1) is 29.1 Å². The van der Waals surface area contributed by atoms with Gasteiger partial charge in [-0.15, -0.1) is 0 Å². The van der Waals surface area contributed by atoms with Crippen molar-refractivity contribution in [3.63, 3.8) is 0 Å². The van der Waals surface area contributed by atoms with Crippen LogP contribution in [0.4, 0.5) is 0 Å². The monoisotopic (exact) mass is 234 g/mol. The summed E-state index contributed by atoms with van der Waals surface area (Å²) in [4.78, 5) is 2.63. The topological polar surface area (TPSA) is 27.0 Å². The summed E-state index contributed by atoms with van der Waals surface area (Å²) in [5.41, 5.74) is 0. The maximum atomic E-state index is 9.35. The van der Waals surface area contributed by atoms with Crippen molar-refractivity contribution < 1.29 is 0 Å². The lowest BCUT2D eigenvalue weighted by Gasteiger charge is -2.30. The Morgan fingerprint density at radius 3 is 2.53 bits per heavy atom. The van der Waals surface area contributed by atoms with E-state index in [0.29, 0.717) is 12.0 Å². The predicted octanol–water partition coefficient (Wildman–Crippen LogP) is 3.44. The van der Waals surface area contributed by atoms with Gasteiger partial charge in [0.2, 0.25) is 0 Å². The Hall–Kier alpha value is -0.550. The van der Waals surface area contributed by atoms with E-state index in [9.17, 15) is 5.26 Å². The lowest BCUT2D eigenvalue weighted by Crippen LogP contribution is -2.38. The standard InChI is InChI=1S/C15H26N2/c1-12(2)14-8-9-17(11-14)15-7-5-3-4-6-13(15)10-16/h12-15H,3-9,11H2,1-2H3. The van der Waals surface area contributed by atoms with E-state index in [1.54, 1.807) is 0 Å². The molecule has 17 heavy (non-hydrogen) atoms. The van der Waals surface area contributed by atoms with Gasteiger partial charge in [-0.25, -0.2) is 0 Å². The molecule has 0 aromatic carbocycles. The Labute approximate surface area is 106 Å². The predicted molar refractivity (Wildman–Crippen MR) is 70.5 cm³/mol. The molecule has 2 fully saturated rings. The van der Waals surface area contributed by atoms with Gasteiger partial charge in [0.05, 0.1) is 12.0 Å². The number of nitrogens with zero attached hydrogens (tertiary/aromatic N) is 2. The molecule has 1 saturated heterocycles. The highest BCUT2D eigenvalue weighted by molar-refractivity contribution is 4.96. The Morgan fingerprint density at radius 2 is 1.88 bits per heavy atom. The van der Waals surface area contributed by atoms with Gasteiger partial charge in [-0.05, 0) is 37.6 Å². The molecule has 3 atom stereocenters. The fraction of sp³-hybridized carbons (Fsp3) is 0.933. The lowest BCUT2D eigenvalue weighted by atomic mass is 9.93. The Bertz CT molecular complexity index is 279. The number of hydrogen-bond donors (Lipinski definition) is 0. The zero-order valence-corrected chi connectivity index (χ0v) is 11.4. The van der Waals surface area contributed by atoms with E-state index in [2.05, 4.69) is 24.8 Å². The summed E-state index contributed by atoms with van der Waals surface area (Å²) >= 11 is 0. The van der Waals surface area contributed by atoms with E-state index in [0.717, 1.165) is 18.3 Å². The van der Waals surface area contributed by atoms with Gasteiger partial charge in [0.25, 0.3) is 0 Å². The van der Waals surface area contributed by atoms with E-state index >= 15 is 0 Å². The van der Waals surface area contributed by atoms with E-state index in [-0.39, 0.29) is 0 Å². The molecule has 2 heteroatoms. The highest BCUT2D eigenvalue weighted by Crippen LogP contribution is 2.32. The third kappa shape index (κ3) is 3.01. The number of rotatable bonds is 2. The molecule has 3 unspecified atom stereocenters. The van der Waals surface area contributed by atoms with Crippen molar-refractivity contribution in [2.45, 2.75) is 58.4 Å². The summed E-state index contributed by atoms with van der Waals surface area (Å²) in [5.74, 6) is 1.95. The summed E-state index contributed by atoms with van der Waals surface area (Å²) < 4.78 is 0. The van der Waals surface area contributed by atoms with Gasteiger partial charge in [-0.3, -0.25) is 4.90 Å². The molecular formula is C15H26N2. The molecule has 0 amide bonds. The molecule has 0 aromatic rings. The quantitative estimate of drug-likeness (QED) is 0.684. The Kier molecular flexibility index (Phi) is 4.45. The number of hydrogen-bond acceptors (Lipinski definition) is 2. The minimum atomic E-state index is 0.295. The van der Waals surface area contributed by atoms with Crippen molar-refractivity contribution in [3.05, 3.63) is 0 Å². The molecule has 0 spiro atoms. The zero-order valence-electron chi connectivity index (χ0n) is 11.4. The van der Waals surface area contributed by atoms with Crippen molar-refractivity contribution in [1.82, 2.24) is 4.90 Å². The third-order valence-corrected chi connectivity index (χ3v) is 4.81. The van der Waals surface area contributed by atoms with E-state index in [1.807, 2.05) is 0 Å². The normalized spacial score (nSPS) is 35.8. The second kappa shape index (κ2) is 5.87. The van der Waals surface area contributed by atoms with Gasteiger partial charge in [0, 0.05) is 12.6 Å². The fourth-order valence-corrected chi connectivity index (χ4v) is 3.54. The first-order valence-electron chi connectivity index (χ1n) is 7.36. The molecule has 1 saturated carbocycles. The number of likely N-dealkylation sites (tertiary alicyclic amines) is 1. The molecule has 1 aliphatic heterocycles. The van der Waals surface area contributed by atoms with Crippen molar-refractivity contribution in [1.29, 1.82) is 5.26 Å². The van der Waals surface area contributed by atoms with Crippen LogP contribution in [-0.2, 0) is 0 Å². The molecule has 0 bridgehead atoms. The smallest absolute Gasteiger partial charge is 0.0672 e. The molecular weight excluding hydrogens is 208 g/mol. The fourth-order valence-electron chi connectivity index (χ4n) is 3.54. The molecule has 1 aliphatic carbocycles. The summed E-state index contributed by atoms with van der Waals surface area (Å²) in [7, 11) is 0. The van der Waals surface area contributed by atoms with Gasteiger partial charge in [-0.2, -0.15) is 5.26 Å². The maximum Gasteiger partial charge on any atom is 0.0672 e. The van der Waals surface area contributed by atoms with Crippen molar-refractivity contribution in [3.8, 4) is 6.07 Å².